The van der Waals surface area contributed by atoms with E-state index in [0.29, 0.717) is 36.7 Å². The van der Waals surface area contributed by atoms with Crippen molar-refractivity contribution >= 4 is 22.2 Å². The number of likely N-dealkylation sites (tertiary alicyclic amines) is 1. The summed E-state index contributed by atoms with van der Waals surface area (Å²) in [5, 5.41) is 15.4. The zero-order chi connectivity index (χ0) is 21.3. The molecule has 4 rings (SSSR count). The largest absolute Gasteiger partial charge is 0.494 e. The van der Waals surface area contributed by atoms with Gasteiger partial charge in [-0.05, 0) is 50.6 Å². The molecular weight excluding hydrogens is 402 g/mol. The molecule has 0 bridgehead atoms. The molecule has 160 valence electrons. The molecule has 1 aliphatic rings. The number of aryl methyl sites for hydroxylation is 1. The second-order valence-corrected chi connectivity index (χ2v) is 8.49. The zero-order valence-corrected chi connectivity index (χ0v) is 18.1. The Hall–Kier alpha value is -2.65. The van der Waals surface area contributed by atoms with Crippen LogP contribution in [0.4, 0.5) is 0 Å². The molecule has 0 unspecified atom stereocenters. The van der Waals surface area contributed by atoms with Gasteiger partial charge in [-0.1, -0.05) is 30.4 Å². The van der Waals surface area contributed by atoms with E-state index in [-0.39, 0.29) is 23.7 Å². The molecule has 30 heavy (non-hydrogen) atoms. The molecule has 0 spiro atoms. The molecule has 2 aromatic heterocycles. The second-order valence-electron chi connectivity index (χ2n) is 7.48. The van der Waals surface area contributed by atoms with Crippen LogP contribution in [0.2, 0.25) is 0 Å². The predicted molar refractivity (Wildman–Crippen MR) is 115 cm³/mol. The fourth-order valence-corrected chi connectivity index (χ4v) is 5.14. The maximum atomic E-state index is 11.6. The first-order valence-electron chi connectivity index (χ1n) is 10.3. The number of carbonyl (C=O) groups is 1. The maximum Gasteiger partial charge on any atom is 0.230 e. The van der Waals surface area contributed by atoms with Crippen LogP contribution in [0, 0.1) is 5.92 Å². The van der Waals surface area contributed by atoms with Crippen LogP contribution in [0.1, 0.15) is 49.0 Å². The molecule has 9 heteroatoms. The lowest BCUT2D eigenvalue weighted by Gasteiger charge is -2.36. The average molecular weight is 430 g/mol. The highest BCUT2D eigenvalue weighted by atomic mass is 32.1. The Morgan fingerprint density at radius 1 is 1.30 bits per heavy atom. The van der Waals surface area contributed by atoms with Gasteiger partial charge in [0.05, 0.1) is 17.5 Å². The van der Waals surface area contributed by atoms with Crippen molar-refractivity contribution in [3.63, 3.8) is 0 Å². The van der Waals surface area contributed by atoms with Crippen LogP contribution in [0.3, 0.4) is 0 Å². The number of ether oxygens (including phenoxy) is 1. The summed E-state index contributed by atoms with van der Waals surface area (Å²) in [4.78, 5) is 19.9. The summed E-state index contributed by atoms with van der Waals surface area (Å²) in [7, 11) is 0. The summed E-state index contributed by atoms with van der Waals surface area (Å²) in [6, 6.07) is 7.80. The third kappa shape index (κ3) is 3.87. The molecule has 0 aliphatic carbocycles. The Morgan fingerprint density at radius 2 is 2.00 bits per heavy atom. The maximum absolute atomic E-state index is 11.6. The number of thiazole rings is 1. The van der Waals surface area contributed by atoms with Crippen molar-refractivity contribution in [2.45, 2.75) is 39.2 Å². The number of rotatable bonds is 7. The van der Waals surface area contributed by atoms with Gasteiger partial charge in [-0.15, -0.1) is 5.10 Å². The fourth-order valence-electron chi connectivity index (χ4n) is 4.00. The topological polar surface area (TPSA) is 106 Å². The molecule has 0 saturated carbocycles. The predicted octanol–water partition coefficient (Wildman–Crippen LogP) is 2.74. The highest BCUT2D eigenvalue weighted by molar-refractivity contribution is 7.17. The number of hydrogen-bond donors (Lipinski definition) is 2. The van der Waals surface area contributed by atoms with E-state index in [2.05, 4.69) is 15.0 Å². The summed E-state index contributed by atoms with van der Waals surface area (Å²) < 4.78 is 7.11. The number of piperidine rings is 1. The van der Waals surface area contributed by atoms with Gasteiger partial charge in [0, 0.05) is 12.3 Å². The summed E-state index contributed by atoms with van der Waals surface area (Å²) in [6.07, 6.45) is 2.14. The third-order valence-electron chi connectivity index (χ3n) is 5.61. The van der Waals surface area contributed by atoms with Crippen molar-refractivity contribution in [2.75, 3.05) is 19.7 Å². The van der Waals surface area contributed by atoms with Gasteiger partial charge in [-0.2, -0.15) is 4.52 Å². The number of fused-ring (bicyclic) bond motifs is 1. The van der Waals surface area contributed by atoms with Gasteiger partial charge in [-0.25, -0.2) is 4.98 Å². The highest BCUT2D eigenvalue weighted by Gasteiger charge is 2.33. The normalized spacial score (nSPS) is 16.7. The highest BCUT2D eigenvalue weighted by Crippen LogP contribution is 2.41. The third-order valence-corrected chi connectivity index (χ3v) is 6.68. The standard InChI is InChI=1S/C21H27N5O3S/c1-3-16-23-21-26(24-16)20(28)18(30-21)17(13-5-7-15(8-6-13)29-4-2)25-11-9-14(10-12-25)19(22)27/h5-8,14,17,28H,3-4,9-12H2,1-2H3,(H2,22,27)/t17-/m0/s1. The molecule has 3 heterocycles. The van der Waals surface area contributed by atoms with Crippen molar-refractivity contribution < 1.29 is 14.6 Å². The van der Waals surface area contributed by atoms with Crippen LogP contribution in [-0.2, 0) is 11.2 Å². The van der Waals surface area contributed by atoms with Gasteiger partial charge in [0.1, 0.15) is 5.75 Å². The number of amides is 1. The quantitative estimate of drug-likeness (QED) is 0.598. The van der Waals surface area contributed by atoms with E-state index < -0.39 is 0 Å². The second kappa shape index (κ2) is 8.61. The molecule has 1 amide bonds. The monoisotopic (exact) mass is 429 g/mol. The molecule has 1 fully saturated rings. The molecule has 8 nitrogen and oxygen atoms in total. The minimum atomic E-state index is -0.235. The van der Waals surface area contributed by atoms with Crippen LogP contribution in [0.25, 0.3) is 4.96 Å². The Bertz CT molecular complexity index is 1020. The van der Waals surface area contributed by atoms with E-state index in [1.807, 2.05) is 38.1 Å². The average Bonchev–Trinajstić information content (AvgIpc) is 3.29. The van der Waals surface area contributed by atoms with Crippen molar-refractivity contribution in [1.29, 1.82) is 0 Å². The van der Waals surface area contributed by atoms with Gasteiger partial charge in [-0.3, -0.25) is 9.69 Å². The van der Waals surface area contributed by atoms with E-state index in [0.717, 1.165) is 29.3 Å². The Kier molecular flexibility index (Phi) is 5.92. The smallest absolute Gasteiger partial charge is 0.230 e. The summed E-state index contributed by atoms with van der Waals surface area (Å²) in [5.74, 6) is 1.32. The molecule has 1 aromatic carbocycles. The van der Waals surface area contributed by atoms with Gasteiger partial charge >= 0.3 is 0 Å². The lowest BCUT2D eigenvalue weighted by Crippen LogP contribution is -2.40. The van der Waals surface area contributed by atoms with Crippen LogP contribution >= 0.6 is 11.3 Å². The van der Waals surface area contributed by atoms with Crippen LogP contribution in [0.15, 0.2) is 24.3 Å². The number of primary amides is 1. The number of nitrogens with two attached hydrogens (primary N) is 1. The molecule has 3 aromatic rings. The first-order chi connectivity index (χ1) is 14.5. The van der Waals surface area contributed by atoms with E-state index in [1.54, 1.807) is 0 Å². The van der Waals surface area contributed by atoms with Crippen molar-refractivity contribution in [2.24, 2.45) is 11.7 Å². The van der Waals surface area contributed by atoms with E-state index in [9.17, 15) is 9.90 Å². The zero-order valence-electron chi connectivity index (χ0n) is 17.2. The van der Waals surface area contributed by atoms with Gasteiger partial charge in [0.2, 0.25) is 16.7 Å². The lowest BCUT2D eigenvalue weighted by molar-refractivity contribution is -0.123. The number of hydrogen-bond acceptors (Lipinski definition) is 7. The van der Waals surface area contributed by atoms with Crippen LogP contribution < -0.4 is 10.5 Å². The summed E-state index contributed by atoms with van der Waals surface area (Å²) in [5.41, 5.74) is 6.56. The molecule has 1 atom stereocenters. The first kappa shape index (κ1) is 20.6. The molecule has 3 N–H and O–H groups in total. The number of aromatic nitrogens is 3. The minimum Gasteiger partial charge on any atom is -0.494 e. The molecule has 1 aliphatic heterocycles. The Labute approximate surface area is 179 Å². The van der Waals surface area contributed by atoms with E-state index in [1.165, 1.54) is 15.9 Å². The summed E-state index contributed by atoms with van der Waals surface area (Å²) in [6.45, 7) is 5.99. The van der Waals surface area contributed by atoms with Crippen LogP contribution in [-0.4, -0.2) is 50.2 Å². The van der Waals surface area contributed by atoms with Crippen molar-refractivity contribution in [1.82, 2.24) is 19.5 Å². The Morgan fingerprint density at radius 3 is 2.57 bits per heavy atom. The van der Waals surface area contributed by atoms with Gasteiger partial charge < -0.3 is 15.6 Å². The van der Waals surface area contributed by atoms with Gasteiger partial charge in [0.15, 0.2) is 5.82 Å². The first-order valence-corrected chi connectivity index (χ1v) is 11.2. The Balaban J connectivity index is 1.71. The summed E-state index contributed by atoms with van der Waals surface area (Å²) >= 11 is 1.45. The number of carbonyl (C=O) groups excluding carboxylic acids is 1. The molecule has 0 radical (unpaired) electrons. The molecular formula is C21H27N5O3S. The number of nitrogens with zero attached hydrogens (tertiary/aromatic N) is 4. The number of aromatic hydroxyl groups is 1. The van der Waals surface area contributed by atoms with Crippen LogP contribution in [0.5, 0.6) is 11.6 Å². The minimum absolute atomic E-state index is 0.0924. The molecule has 1 saturated heterocycles. The SMILES string of the molecule is CCOc1ccc([C@@H](c2sc3nc(CC)nn3c2O)N2CCC(C(N)=O)CC2)cc1. The fraction of sp³-hybridized carbons (Fsp3) is 0.476. The van der Waals surface area contributed by atoms with Crippen molar-refractivity contribution in [3.8, 4) is 11.6 Å². The van der Waals surface area contributed by atoms with E-state index >= 15 is 0 Å². The van der Waals surface area contributed by atoms with Gasteiger partial charge in [0.25, 0.3) is 0 Å². The van der Waals surface area contributed by atoms with E-state index in [4.69, 9.17) is 10.5 Å². The number of benzene rings is 1. The van der Waals surface area contributed by atoms with Crippen molar-refractivity contribution in [3.05, 3.63) is 40.5 Å². The lowest BCUT2D eigenvalue weighted by atomic mass is 9.93.